The van der Waals surface area contributed by atoms with Crippen molar-refractivity contribution >= 4 is 28.5 Å². The van der Waals surface area contributed by atoms with E-state index in [1.54, 1.807) is 6.07 Å². The Morgan fingerprint density at radius 1 is 1.12 bits per heavy atom. The zero-order valence-corrected chi connectivity index (χ0v) is 13.8. The smallest absolute Gasteiger partial charge is 0.225 e. The summed E-state index contributed by atoms with van der Waals surface area (Å²) in [7, 11) is 0. The van der Waals surface area contributed by atoms with Crippen LogP contribution >= 0.6 is 11.6 Å². The second kappa shape index (κ2) is 5.52. The molecule has 4 rings (SSSR count). The molecular weight excluding hydrogens is 333 g/mol. The van der Waals surface area contributed by atoms with Crippen LogP contribution in [-0.4, -0.2) is 33.1 Å². The Kier molecular flexibility index (Phi) is 3.45. The largest absolute Gasteiger partial charge is 0.489 e. The van der Waals surface area contributed by atoms with Gasteiger partial charge in [-0.15, -0.1) is 0 Å². The van der Waals surface area contributed by atoms with Gasteiger partial charge in [0.15, 0.2) is 5.65 Å². The summed E-state index contributed by atoms with van der Waals surface area (Å²) in [5.41, 5.74) is 3.52. The van der Waals surface area contributed by atoms with E-state index in [1.807, 2.05) is 13.8 Å². The van der Waals surface area contributed by atoms with Gasteiger partial charge in [0.2, 0.25) is 5.28 Å². The van der Waals surface area contributed by atoms with Gasteiger partial charge in [0.05, 0.1) is 17.1 Å². The molecule has 2 aromatic heterocycles. The minimum absolute atomic E-state index is 0.00335. The molecule has 1 aliphatic heterocycles. The van der Waals surface area contributed by atoms with Gasteiger partial charge < -0.3 is 10.1 Å². The number of hydrogen-bond acceptors (Lipinski definition) is 6. The van der Waals surface area contributed by atoms with E-state index < -0.39 is 5.82 Å². The summed E-state index contributed by atoms with van der Waals surface area (Å²) in [6, 6.07) is 2.99. The number of aromatic nitrogens is 4. The molecule has 0 bridgehead atoms. The molecule has 3 heterocycles. The lowest BCUT2D eigenvalue weighted by Gasteiger charge is -2.20. The maximum Gasteiger partial charge on any atom is 0.225 e. The first-order chi connectivity index (χ1) is 11.5. The highest BCUT2D eigenvalue weighted by molar-refractivity contribution is 6.28. The third kappa shape index (κ3) is 2.41. The van der Waals surface area contributed by atoms with E-state index in [9.17, 15) is 4.39 Å². The molecule has 122 valence electrons. The number of hydrogen-bond donors (Lipinski definition) is 1. The summed E-state index contributed by atoms with van der Waals surface area (Å²) in [6.07, 6.45) is 0. The average molecular weight is 346 g/mol. The van der Waals surface area contributed by atoms with Crippen LogP contribution in [0, 0.1) is 19.7 Å². The lowest BCUT2D eigenvalue weighted by molar-refractivity contribution is 0.321. The number of ether oxygens (including phenoxy) is 1. The SMILES string of the molecule is Cc1nc2nc(Cl)nc(-c3cc4c(cc3F)OCCN4)c2nc1C. The molecular formula is C16H13ClFN5O. The average Bonchev–Trinajstić information content (AvgIpc) is 2.55. The van der Waals surface area contributed by atoms with E-state index in [0.717, 1.165) is 11.4 Å². The molecule has 0 fully saturated rings. The van der Waals surface area contributed by atoms with Gasteiger partial charge in [0.1, 0.15) is 29.4 Å². The van der Waals surface area contributed by atoms with Crippen LogP contribution < -0.4 is 10.1 Å². The molecule has 0 atom stereocenters. The van der Waals surface area contributed by atoms with Crippen LogP contribution in [-0.2, 0) is 0 Å². The van der Waals surface area contributed by atoms with Crippen LogP contribution in [0.25, 0.3) is 22.4 Å². The highest BCUT2D eigenvalue weighted by atomic mass is 35.5. The number of halogens is 2. The summed E-state index contributed by atoms with van der Waals surface area (Å²) in [4.78, 5) is 17.2. The summed E-state index contributed by atoms with van der Waals surface area (Å²) >= 11 is 6.01. The molecule has 0 unspecified atom stereocenters. The van der Waals surface area contributed by atoms with E-state index in [-0.39, 0.29) is 10.8 Å². The highest BCUT2D eigenvalue weighted by Gasteiger charge is 2.20. The van der Waals surface area contributed by atoms with Crippen molar-refractivity contribution in [1.82, 2.24) is 19.9 Å². The fourth-order valence-corrected chi connectivity index (χ4v) is 2.78. The third-order valence-corrected chi connectivity index (χ3v) is 4.08. The van der Waals surface area contributed by atoms with Crippen LogP contribution in [0.5, 0.6) is 5.75 Å². The van der Waals surface area contributed by atoms with Crippen molar-refractivity contribution in [2.45, 2.75) is 13.8 Å². The minimum atomic E-state index is -0.464. The molecule has 24 heavy (non-hydrogen) atoms. The van der Waals surface area contributed by atoms with Gasteiger partial charge in [-0.3, -0.25) is 0 Å². The number of fused-ring (bicyclic) bond motifs is 2. The van der Waals surface area contributed by atoms with Crippen LogP contribution in [0.2, 0.25) is 5.28 Å². The number of benzene rings is 1. The minimum Gasteiger partial charge on any atom is -0.489 e. The van der Waals surface area contributed by atoms with Gasteiger partial charge in [0.25, 0.3) is 0 Å². The van der Waals surface area contributed by atoms with Crippen molar-refractivity contribution in [1.29, 1.82) is 0 Å². The van der Waals surface area contributed by atoms with Crippen LogP contribution in [0.3, 0.4) is 0 Å². The molecule has 0 spiro atoms. The van der Waals surface area contributed by atoms with E-state index >= 15 is 0 Å². The molecule has 0 amide bonds. The molecule has 8 heteroatoms. The Balaban J connectivity index is 2.01. The number of aryl methyl sites for hydroxylation is 2. The van der Waals surface area contributed by atoms with Crippen LogP contribution in [0.1, 0.15) is 11.4 Å². The van der Waals surface area contributed by atoms with Crippen molar-refractivity contribution in [2.24, 2.45) is 0 Å². The Hall–Kier alpha value is -2.54. The van der Waals surface area contributed by atoms with Gasteiger partial charge in [-0.2, -0.15) is 4.98 Å². The van der Waals surface area contributed by atoms with Crippen molar-refractivity contribution in [3.05, 3.63) is 34.6 Å². The number of rotatable bonds is 1. The van der Waals surface area contributed by atoms with Crippen molar-refractivity contribution in [3.63, 3.8) is 0 Å². The maximum absolute atomic E-state index is 14.6. The molecule has 6 nitrogen and oxygen atoms in total. The summed E-state index contributed by atoms with van der Waals surface area (Å²) in [5, 5.41) is 3.18. The Labute approximate surface area is 142 Å². The lowest BCUT2D eigenvalue weighted by atomic mass is 10.1. The van der Waals surface area contributed by atoms with Gasteiger partial charge in [0, 0.05) is 18.2 Å². The zero-order chi connectivity index (χ0) is 16.8. The quantitative estimate of drug-likeness (QED) is 0.682. The second-order valence-corrected chi connectivity index (χ2v) is 5.85. The normalized spacial score (nSPS) is 13.3. The standard InChI is InChI=1S/C16H13ClFN5O/c1-7-8(2)21-15-14(20-7)13(22-16(17)23-15)9-5-11-12(6-10(9)18)24-4-3-19-11/h5-6,19H,3-4H2,1-2H3. The molecule has 0 radical (unpaired) electrons. The molecule has 1 aromatic carbocycles. The number of nitrogens with one attached hydrogen (secondary N) is 1. The summed E-state index contributed by atoms with van der Waals surface area (Å²) < 4.78 is 20.1. The second-order valence-electron chi connectivity index (χ2n) is 5.51. The first kappa shape index (κ1) is 15.0. The Morgan fingerprint density at radius 3 is 2.75 bits per heavy atom. The fraction of sp³-hybridized carbons (Fsp3) is 0.250. The molecule has 1 N–H and O–H groups in total. The van der Waals surface area contributed by atoms with E-state index in [2.05, 4.69) is 25.3 Å². The molecule has 0 saturated heterocycles. The molecule has 0 saturated carbocycles. The topological polar surface area (TPSA) is 72.8 Å². The molecule has 0 aliphatic carbocycles. The highest BCUT2D eigenvalue weighted by Crippen LogP contribution is 2.36. The van der Waals surface area contributed by atoms with Crippen molar-refractivity contribution < 1.29 is 9.13 Å². The fourth-order valence-electron chi connectivity index (χ4n) is 2.61. The van der Waals surface area contributed by atoms with Gasteiger partial charge >= 0.3 is 0 Å². The molecule has 1 aliphatic rings. The predicted molar refractivity (Wildman–Crippen MR) is 89.0 cm³/mol. The van der Waals surface area contributed by atoms with Crippen LogP contribution in [0.4, 0.5) is 10.1 Å². The Bertz CT molecular complexity index is 979. The maximum atomic E-state index is 14.6. The van der Waals surface area contributed by atoms with Gasteiger partial charge in [-0.05, 0) is 31.5 Å². The summed E-state index contributed by atoms with van der Waals surface area (Å²) in [5.74, 6) is 0.0126. The van der Waals surface area contributed by atoms with E-state index in [0.29, 0.717) is 41.4 Å². The monoisotopic (exact) mass is 345 g/mol. The van der Waals surface area contributed by atoms with Crippen LogP contribution in [0.15, 0.2) is 12.1 Å². The van der Waals surface area contributed by atoms with E-state index in [4.69, 9.17) is 16.3 Å². The Morgan fingerprint density at radius 2 is 1.92 bits per heavy atom. The lowest BCUT2D eigenvalue weighted by Crippen LogP contribution is -2.18. The third-order valence-electron chi connectivity index (χ3n) is 3.91. The van der Waals surface area contributed by atoms with Gasteiger partial charge in [-0.25, -0.2) is 19.3 Å². The molecule has 3 aromatic rings. The van der Waals surface area contributed by atoms with E-state index in [1.165, 1.54) is 6.07 Å². The summed E-state index contributed by atoms with van der Waals surface area (Å²) in [6.45, 7) is 4.82. The first-order valence-electron chi connectivity index (χ1n) is 7.42. The zero-order valence-electron chi connectivity index (χ0n) is 13.0. The number of anilines is 1. The first-order valence-corrected chi connectivity index (χ1v) is 7.80. The van der Waals surface area contributed by atoms with Gasteiger partial charge in [-0.1, -0.05) is 0 Å². The van der Waals surface area contributed by atoms with Crippen molar-refractivity contribution in [3.8, 4) is 17.0 Å². The number of nitrogens with zero attached hydrogens (tertiary/aromatic N) is 4. The van der Waals surface area contributed by atoms with Crippen molar-refractivity contribution in [2.75, 3.05) is 18.5 Å². The predicted octanol–water partition coefficient (Wildman–Crippen LogP) is 3.30.